The largest absolute Gasteiger partial charge is 0.368 e. The van der Waals surface area contributed by atoms with Gasteiger partial charge in [-0.2, -0.15) is 5.26 Å². The predicted molar refractivity (Wildman–Crippen MR) is 80.3 cm³/mol. The van der Waals surface area contributed by atoms with Crippen LogP contribution in [0.3, 0.4) is 0 Å². The normalized spacial score (nSPS) is 11.9. The van der Waals surface area contributed by atoms with Crippen molar-refractivity contribution in [1.82, 2.24) is 15.0 Å². The molecule has 0 radical (unpaired) electrons. The molecule has 2 aromatic heterocycles. The number of nitrogens with one attached hydrogen (secondary N) is 2. The molecular formula is C15H19N5. The number of fused-ring (bicyclic) bond motifs is 1. The number of allylic oxidation sites excluding steroid dienone is 2. The van der Waals surface area contributed by atoms with Crippen LogP contribution in [-0.4, -0.2) is 21.5 Å². The number of aromatic nitrogens is 3. The molecular weight excluding hydrogens is 250 g/mol. The van der Waals surface area contributed by atoms with Gasteiger partial charge in [0.25, 0.3) is 0 Å². The summed E-state index contributed by atoms with van der Waals surface area (Å²) in [6.07, 6.45) is 7.60. The van der Waals surface area contributed by atoms with Crippen LogP contribution >= 0.6 is 0 Å². The fourth-order valence-corrected chi connectivity index (χ4v) is 1.78. The molecule has 0 saturated heterocycles. The van der Waals surface area contributed by atoms with Gasteiger partial charge in [-0.15, -0.1) is 0 Å². The Bertz CT molecular complexity index is 655. The molecule has 0 atom stereocenters. The lowest BCUT2D eigenvalue weighted by molar-refractivity contribution is 0.442. The molecule has 0 aliphatic carbocycles. The molecule has 2 aromatic rings. The van der Waals surface area contributed by atoms with Gasteiger partial charge in [0.05, 0.1) is 12.3 Å². The molecule has 104 valence electrons. The highest BCUT2D eigenvalue weighted by molar-refractivity contribution is 5.76. The minimum atomic E-state index is 0.188. The zero-order chi connectivity index (χ0) is 14.6. The first-order chi connectivity index (χ1) is 9.49. The Morgan fingerprint density at radius 2 is 2.25 bits per heavy atom. The van der Waals surface area contributed by atoms with Gasteiger partial charge in [-0.25, -0.2) is 9.97 Å². The van der Waals surface area contributed by atoms with Crippen molar-refractivity contribution in [2.24, 2.45) is 5.41 Å². The summed E-state index contributed by atoms with van der Waals surface area (Å²) >= 11 is 0. The number of hydrogen-bond acceptors (Lipinski definition) is 4. The summed E-state index contributed by atoms with van der Waals surface area (Å²) in [5, 5.41) is 11.8. The molecule has 0 aliphatic rings. The molecule has 0 unspecified atom stereocenters. The molecule has 5 heteroatoms. The van der Waals surface area contributed by atoms with Gasteiger partial charge in [0.15, 0.2) is 5.65 Å². The zero-order valence-corrected chi connectivity index (χ0v) is 12.1. The van der Waals surface area contributed by atoms with E-state index in [2.05, 4.69) is 41.0 Å². The Morgan fingerprint density at radius 3 is 2.95 bits per heavy atom. The summed E-state index contributed by atoms with van der Waals surface area (Å²) < 4.78 is 0. The van der Waals surface area contributed by atoms with Crippen LogP contribution in [0.5, 0.6) is 0 Å². The van der Waals surface area contributed by atoms with E-state index in [1.807, 2.05) is 18.3 Å². The summed E-state index contributed by atoms with van der Waals surface area (Å²) in [5.41, 5.74) is 2.85. The van der Waals surface area contributed by atoms with Crippen molar-refractivity contribution >= 4 is 17.0 Å². The van der Waals surface area contributed by atoms with Crippen LogP contribution in [-0.2, 0) is 6.42 Å². The quantitative estimate of drug-likeness (QED) is 0.836. The standard InChI is InChI=1S/C15H19N5/c1-15(2,3)10-19-12-9-18-14-13(20-12)11(8-17-14)6-4-5-7-16/h4-5,8-9H,6,10H2,1-3H3,(H,17,18)(H,19,20)/b5-4+. The van der Waals surface area contributed by atoms with Gasteiger partial charge in [-0.05, 0) is 11.8 Å². The smallest absolute Gasteiger partial charge is 0.156 e. The minimum Gasteiger partial charge on any atom is -0.368 e. The van der Waals surface area contributed by atoms with Crippen molar-refractivity contribution in [2.75, 3.05) is 11.9 Å². The number of H-pyrrole nitrogens is 1. The molecule has 2 heterocycles. The van der Waals surface area contributed by atoms with E-state index in [0.29, 0.717) is 6.42 Å². The summed E-state index contributed by atoms with van der Waals surface area (Å²) in [6.45, 7) is 7.34. The number of nitriles is 1. The number of hydrogen-bond donors (Lipinski definition) is 2. The van der Waals surface area contributed by atoms with Crippen LogP contribution < -0.4 is 5.32 Å². The van der Waals surface area contributed by atoms with Gasteiger partial charge < -0.3 is 10.3 Å². The third-order valence-corrected chi connectivity index (χ3v) is 2.79. The first-order valence-electron chi connectivity index (χ1n) is 6.61. The van der Waals surface area contributed by atoms with Crippen LogP contribution in [0.4, 0.5) is 5.82 Å². The molecule has 2 rings (SSSR count). The lowest BCUT2D eigenvalue weighted by Gasteiger charge is -2.18. The van der Waals surface area contributed by atoms with Gasteiger partial charge >= 0.3 is 0 Å². The van der Waals surface area contributed by atoms with Crippen molar-refractivity contribution < 1.29 is 0 Å². The fraction of sp³-hybridized carbons (Fsp3) is 0.400. The van der Waals surface area contributed by atoms with Crippen LogP contribution in [0.2, 0.25) is 0 Å². The molecule has 0 saturated carbocycles. The highest BCUT2D eigenvalue weighted by atomic mass is 15.0. The van der Waals surface area contributed by atoms with Gasteiger partial charge in [-0.3, -0.25) is 0 Å². The van der Waals surface area contributed by atoms with Crippen LogP contribution in [0.25, 0.3) is 11.2 Å². The van der Waals surface area contributed by atoms with Crippen LogP contribution in [0, 0.1) is 16.7 Å². The number of aromatic amines is 1. The van der Waals surface area contributed by atoms with Crippen molar-refractivity contribution in [3.8, 4) is 6.07 Å². The maximum atomic E-state index is 8.52. The van der Waals surface area contributed by atoms with E-state index in [0.717, 1.165) is 29.1 Å². The Labute approximate surface area is 118 Å². The minimum absolute atomic E-state index is 0.188. The zero-order valence-electron chi connectivity index (χ0n) is 12.1. The topological polar surface area (TPSA) is 77.4 Å². The molecule has 2 N–H and O–H groups in total. The summed E-state index contributed by atoms with van der Waals surface area (Å²) in [7, 11) is 0. The highest BCUT2D eigenvalue weighted by Gasteiger charge is 2.11. The third kappa shape index (κ3) is 3.58. The van der Waals surface area contributed by atoms with Crippen LogP contribution in [0.15, 0.2) is 24.5 Å². The highest BCUT2D eigenvalue weighted by Crippen LogP contribution is 2.18. The third-order valence-electron chi connectivity index (χ3n) is 2.79. The molecule has 0 bridgehead atoms. The maximum Gasteiger partial charge on any atom is 0.156 e. The number of nitrogens with zero attached hydrogens (tertiary/aromatic N) is 3. The van der Waals surface area contributed by atoms with Gasteiger partial charge in [0.1, 0.15) is 11.3 Å². The second kappa shape index (κ2) is 5.74. The summed E-state index contributed by atoms with van der Waals surface area (Å²) in [4.78, 5) is 12.1. The Morgan fingerprint density at radius 1 is 1.45 bits per heavy atom. The van der Waals surface area contributed by atoms with E-state index in [4.69, 9.17) is 5.26 Å². The van der Waals surface area contributed by atoms with Gasteiger partial charge in [0, 0.05) is 24.4 Å². The first-order valence-corrected chi connectivity index (χ1v) is 6.61. The van der Waals surface area contributed by atoms with Crippen molar-refractivity contribution in [1.29, 1.82) is 5.26 Å². The van der Waals surface area contributed by atoms with E-state index >= 15 is 0 Å². The number of anilines is 1. The lowest BCUT2D eigenvalue weighted by Crippen LogP contribution is -2.19. The molecule has 0 fully saturated rings. The van der Waals surface area contributed by atoms with E-state index < -0.39 is 0 Å². The van der Waals surface area contributed by atoms with E-state index in [1.165, 1.54) is 6.08 Å². The van der Waals surface area contributed by atoms with Gasteiger partial charge in [0.2, 0.25) is 0 Å². The SMILES string of the molecule is CC(C)(C)CNc1cnc2[nH]cc(C/C=C/C#N)c2n1. The molecule has 0 aromatic carbocycles. The monoisotopic (exact) mass is 269 g/mol. The maximum absolute atomic E-state index is 8.52. The second-order valence-corrected chi connectivity index (χ2v) is 5.92. The fourth-order valence-electron chi connectivity index (χ4n) is 1.78. The van der Waals surface area contributed by atoms with Crippen molar-refractivity contribution in [3.63, 3.8) is 0 Å². The van der Waals surface area contributed by atoms with E-state index in [9.17, 15) is 0 Å². The lowest BCUT2D eigenvalue weighted by atomic mass is 9.97. The van der Waals surface area contributed by atoms with Crippen molar-refractivity contribution in [2.45, 2.75) is 27.2 Å². The molecule has 20 heavy (non-hydrogen) atoms. The predicted octanol–water partition coefficient (Wildman–Crippen LogP) is 3.04. The first kappa shape index (κ1) is 14.1. The van der Waals surface area contributed by atoms with Crippen molar-refractivity contribution in [3.05, 3.63) is 30.1 Å². The van der Waals surface area contributed by atoms with Gasteiger partial charge in [-0.1, -0.05) is 26.8 Å². The van der Waals surface area contributed by atoms with Crippen LogP contribution in [0.1, 0.15) is 26.3 Å². The molecule has 0 aliphatic heterocycles. The average Bonchev–Trinajstić information content (AvgIpc) is 2.79. The Kier molecular flexibility index (Phi) is 4.04. The second-order valence-electron chi connectivity index (χ2n) is 5.92. The summed E-state index contributed by atoms with van der Waals surface area (Å²) in [6, 6.07) is 1.99. The molecule has 0 spiro atoms. The average molecular weight is 269 g/mol. The molecule has 5 nitrogen and oxygen atoms in total. The number of rotatable bonds is 4. The Hall–Kier alpha value is -2.35. The van der Waals surface area contributed by atoms with E-state index in [1.54, 1.807) is 6.20 Å². The summed E-state index contributed by atoms with van der Waals surface area (Å²) in [5.74, 6) is 0.775. The van der Waals surface area contributed by atoms with E-state index in [-0.39, 0.29) is 5.41 Å². The molecule has 0 amide bonds. The Balaban J connectivity index is 2.21.